The maximum absolute atomic E-state index is 13.5. The Morgan fingerprint density at radius 1 is 1.06 bits per heavy atom. The number of amides is 2. The zero-order valence-corrected chi connectivity index (χ0v) is 29.5. The first-order valence-corrected chi connectivity index (χ1v) is 18.5. The van der Waals surface area contributed by atoms with Gasteiger partial charge in [-0.25, -0.2) is 4.79 Å². The lowest BCUT2D eigenvalue weighted by atomic mass is 9.45. The highest BCUT2D eigenvalue weighted by molar-refractivity contribution is 7.98. The summed E-state index contributed by atoms with van der Waals surface area (Å²) in [5.74, 6) is -3.56. The van der Waals surface area contributed by atoms with E-state index < -0.39 is 65.3 Å². The number of aliphatic hydroxyl groups is 2. The minimum absolute atomic E-state index is 0.0161. The molecule has 48 heavy (non-hydrogen) atoms. The fourth-order valence-corrected chi connectivity index (χ4v) is 9.71. The number of carbonyl (C=O) groups excluding carboxylic acids is 5. The number of aliphatic carboxylic acids is 1. The lowest BCUT2D eigenvalue weighted by Gasteiger charge is -2.60. The number of hydrogen-bond donors (Lipinski definition) is 5. The van der Waals surface area contributed by atoms with Crippen LogP contribution in [0.3, 0.4) is 0 Å². The van der Waals surface area contributed by atoms with Gasteiger partial charge in [0.05, 0.1) is 12.5 Å². The molecule has 0 aromatic heterocycles. The molecule has 4 aliphatic carbocycles. The highest BCUT2D eigenvalue weighted by Gasteiger charge is 2.68. The maximum Gasteiger partial charge on any atom is 0.326 e. The molecule has 0 aromatic rings. The number of nitrogens with one attached hydrogen (secondary N) is 2. The number of ketones is 2. The predicted octanol–water partition coefficient (Wildman–Crippen LogP) is 2.58. The van der Waals surface area contributed by atoms with E-state index in [0.717, 1.165) is 18.4 Å². The zero-order chi connectivity index (χ0) is 35.6. The maximum atomic E-state index is 13.5. The molecule has 0 spiro atoms. The van der Waals surface area contributed by atoms with Crippen LogP contribution >= 0.6 is 11.8 Å². The summed E-state index contributed by atoms with van der Waals surface area (Å²) in [5, 5.41) is 37.9. The molecule has 0 saturated heterocycles. The van der Waals surface area contributed by atoms with Crippen molar-refractivity contribution in [2.45, 2.75) is 116 Å². The lowest BCUT2D eigenvalue weighted by molar-refractivity contribution is -0.184. The second kappa shape index (κ2) is 15.0. The SMILES string of the molecule is CSCC[C@H](NC(=O)[C@@H](NC(=O)CCC(=O)OCC(=O)[C@@]1(O)CC[C@H]2[C@H]3CCC4=CC(=O)CC[C@]4(C)[C@@H]3[C@@H](O)C[C@@]21C)C(C)C)C(=O)O. The number of Topliss-reactive ketones (excluding diaryl/α,β-unsaturated/α-hetero) is 1. The van der Waals surface area contributed by atoms with Crippen molar-refractivity contribution in [2.75, 3.05) is 18.6 Å². The molecule has 0 heterocycles. The molecule has 12 nitrogen and oxygen atoms in total. The Hall–Kier alpha value is -2.77. The van der Waals surface area contributed by atoms with Gasteiger partial charge < -0.3 is 30.7 Å². The van der Waals surface area contributed by atoms with E-state index in [1.807, 2.05) is 13.2 Å². The van der Waals surface area contributed by atoms with Gasteiger partial charge in [-0.2, -0.15) is 11.8 Å². The van der Waals surface area contributed by atoms with E-state index >= 15 is 0 Å². The van der Waals surface area contributed by atoms with E-state index in [4.69, 9.17) is 4.74 Å². The third-order valence-electron chi connectivity index (χ3n) is 11.9. The van der Waals surface area contributed by atoms with Crippen LogP contribution in [0.5, 0.6) is 0 Å². The standard InChI is InChI=1S/C35H52N2O10S/c1-19(2)30(31(43)36-24(32(44)45)12-15-48-5)37-27(41)8-9-28(42)47-18-26(40)35(46)14-11-23-22-7-6-20-16-21(38)10-13-33(20,3)29(22)25(39)17-34(23,35)4/h16,19,22-25,29-30,39,46H,6-15,17-18H2,1-5H3,(H,36,43)(H,37,41)(H,44,45)/t22-,23+,24+,25+,29+,30+,33+,34+,35+/m1/s1. The van der Waals surface area contributed by atoms with E-state index in [-0.39, 0.29) is 67.0 Å². The second-order valence-electron chi connectivity index (χ2n) is 15.0. The molecule has 268 valence electrons. The first-order valence-electron chi connectivity index (χ1n) is 17.1. The summed E-state index contributed by atoms with van der Waals surface area (Å²) in [6, 6.07) is -2.11. The largest absolute Gasteiger partial charge is 0.480 e. The normalized spacial score (nSPS) is 33.8. The van der Waals surface area contributed by atoms with E-state index in [1.165, 1.54) is 11.8 Å². The molecular weight excluding hydrogens is 640 g/mol. The van der Waals surface area contributed by atoms with Gasteiger partial charge in [0.25, 0.3) is 0 Å². The molecule has 5 N–H and O–H groups in total. The first kappa shape index (κ1) is 38.0. The van der Waals surface area contributed by atoms with Crippen LogP contribution in [-0.4, -0.2) is 93.0 Å². The molecule has 0 unspecified atom stereocenters. The van der Waals surface area contributed by atoms with Crippen molar-refractivity contribution in [3.63, 3.8) is 0 Å². The summed E-state index contributed by atoms with van der Waals surface area (Å²) in [7, 11) is 0. The van der Waals surface area contributed by atoms with E-state index in [2.05, 4.69) is 17.6 Å². The number of thioether (sulfide) groups is 1. The topological polar surface area (TPSA) is 196 Å². The van der Waals surface area contributed by atoms with Crippen molar-refractivity contribution >= 4 is 47.1 Å². The van der Waals surface area contributed by atoms with Gasteiger partial charge >= 0.3 is 11.9 Å². The molecule has 0 bridgehead atoms. The second-order valence-corrected chi connectivity index (χ2v) is 16.0. The van der Waals surface area contributed by atoms with Crippen molar-refractivity contribution in [3.8, 4) is 0 Å². The summed E-state index contributed by atoms with van der Waals surface area (Å²) in [6.07, 6.45) is 6.04. The fraction of sp³-hybridized carbons (Fsp3) is 0.771. The van der Waals surface area contributed by atoms with Gasteiger partial charge in [0, 0.05) is 18.3 Å². The highest BCUT2D eigenvalue weighted by atomic mass is 32.2. The van der Waals surface area contributed by atoms with Crippen LogP contribution in [0.4, 0.5) is 0 Å². The molecule has 4 rings (SSSR count). The zero-order valence-electron chi connectivity index (χ0n) is 28.7. The molecule has 0 radical (unpaired) electrons. The van der Waals surface area contributed by atoms with Gasteiger partial charge in [-0.15, -0.1) is 0 Å². The number of fused-ring (bicyclic) bond motifs is 5. The predicted molar refractivity (Wildman–Crippen MR) is 178 cm³/mol. The summed E-state index contributed by atoms with van der Waals surface area (Å²) in [6.45, 7) is 6.73. The molecule has 4 aliphatic rings. The average molecular weight is 693 g/mol. The number of carbonyl (C=O) groups is 6. The molecule has 9 atom stereocenters. The molecule has 0 aromatic carbocycles. The number of allylic oxidation sites excluding steroid dienone is 1. The average Bonchev–Trinajstić information content (AvgIpc) is 3.29. The van der Waals surface area contributed by atoms with Gasteiger partial charge in [0.2, 0.25) is 17.6 Å². The summed E-state index contributed by atoms with van der Waals surface area (Å²) in [5.41, 5.74) is -1.90. The van der Waals surface area contributed by atoms with Crippen molar-refractivity contribution in [1.29, 1.82) is 0 Å². The quantitative estimate of drug-likeness (QED) is 0.168. The molecule has 13 heteroatoms. The monoisotopic (exact) mass is 692 g/mol. The summed E-state index contributed by atoms with van der Waals surface area (Å²) in [4.78, 5) is 75.3. The Morgan fingerprint density at radius 3 is 2.42 bits per heavy atom. The Balaban J connectivity index is 1.31. The third kappa shape index (κ3) is 7.38. The Kier molecular flexibility index (Phi) is 11.9. The Morgan fingerprint density at radius 2 is 1.77 bits per heavy atom. The number of carboxylic acid groups (broad SMARTS) is 1. The number of hydrogen-bond acceptors (Lipinski definition) is 10. The van der Waals surface area contributed by atoms with Gasteiger partial charge in [-0.1, -0.05) is 33.3 Å². The van der Waals surface area contributed by atoms with E-state index in [1.54, 1.807) is 19.9 Å². The smallest absolute Gasteiger partial charge is 0.326 e. The third-order valence-corrected chi connectivity index (χ3v) is 12.6. The van der Waals surface area contributed by atoms with Crippen molar-refractivity contribution in [1.82, 2.24) is 10.6 Å². The first-order chi connectivity index (χ1) is 22.5. The van der Waals surface area contributed by atoms with Crippen LogP contribution in [0.1, 0.15) is 91.9 Å². The Bertz CT molecular complexity index is 1330. The lowest BCUT2D eigenvalue weighted by Crippen LogP contribution is -2.62. The van der Waals surface area contributed by atoms with Crippen LogP contribution in [0.25, 0.3) is 0 Å². The van der Waals surface area contributed by atoms with Crippen LogP contribution in [0, 0.1) is 34.5 Å². The summed E-state index contributed by atoms with van der Waals surface area (Å²) < 4.78 is 5.23. The van der Waals surface area contributed by atoms with Crippen molar-refractivity contribution in [3.05, 3.63) is 11.6 Å². The molecule has 2 amide bonds. The van der Waals surface area contributed by atoms with Crippen LogP contribution in [-0.2, 0) is 33.5 Å². The summed E-state index contributed by atoms with van der Waals surface area (Å²) >= 11 is 1.45. The van der Waals surface area contributed by atoms with Crippen molar-refractivity contribution in [2.24, 2.45) is 34.5 Å². The van der Waals surface area contributed by atoms with Crippen LogP contribution in [0.15, 0.2) is 11.6 Å². The number of aliphatic hydroxyl groups excluding tert-OH is 1. The van der Waals surface area contributed by atoms with E-state index in [9.17, 15) is 44.1 Å². The highest BCUT2D eigenvalue weighted by Crippen LogP contribution is 2.67. The minimum Gasteiger partial charge on any atom is -0.480 e. The molecule has 0 aliphatic heterocycles. The number of carboxylic acids is 1. The van der Waals surface area contributed by atoms with Gasteiger partial charge in [0.1, 0.15) is 17.7 Å². The number of rotatable bonds is 14. The van der Waals surface area contributed by atoms with E-state index in [0.29, 0.717) is 25.0 Å². The van der Waals surface area contributed by atoms with Gasteiger partial charge in [-0.05, 0) is 92.1 Å². The molecular formula is C35H52N2O10S. The number of esters is 1. The van der Waals surface area contributed by atoms with Gasteiger partial charge in [-0.3, -0.25) is 24.0 Å². The van der Waals surface area contributed by atoms with Crippen molar-refractivity contribution < 1.29 is 48.8 Å². The van der Waals surface area contributed by atoms with Gasteiger partial charge in [0.15, 0.2) is 12.4 Å². The molecule has 3 saturated carbocycles. The Labute approximate surface area is 286 Å². The molecule has 3 fully saturated rings. The minimum atomic E-state index is -1.79. The number of ether oxygens (including phenoxy) is 1. The van der Waals surface area contributed by atoms with Crippen LogP contribution in [0.2, 0.25) is 0 Å². The van der Waals surface area contributed by atoms with Crippen LogP contribution < -0.4 is 10.6 Å². The fourth-order valence-electron chi connectivity index (χ4n) is 9.24.